The minimum absolute atomic E-state index is 0.223. The first kappa shape index (κ1) is 15.7. The van der Waals surface area contributed by atoms with Crippen LogP contribution in [0.25, 0.3) is 0 Å². The lowest BCUT2D eigenvalue weighted by molar-refractivity contribution is 0.627. The van der Waals surface area contributed by atoms with Crippen molar-refractivity contribution in [3.8, 4) is 0 Å². The molecule has 0 bridgehead atoms. The number of halogens is 2. The molecule has 3 nitrogen and oxygen atoms in total. The van der Waals surface area contributed by atoms with E-state index in [0.29, 0.717) is 11.6 Å². The molecule has 2 aromatic rings. The topological polar surface area (TPSA) is 28.2 Å². The van der Waals surface area contributed by atoms with Gasteiger partial charge in [0.2, 0.25) is 0 Å². The first-order chi connectivity index (χ1) is 10.1. The van der Waals surface area contributed by atoms with Gasteiger partial charge < -0.3 is 10.2 Å². The van der Waals surface area contributed by atoms with Crippen molar-refractivity contribution in [1.82, 2.24) is 10.3 Å². The summed E-state index contributed by atoms with van der Waals surface area (Å²) in [4.78, 5) is 6.37. The molecule has 2 rings (SSSR count). The third kappa shape index (κ3) is 4.41. The number of benzene rings is 1. The number of rotatable bonds is 6. The molecule has 0 radical (unpaired) electrons. The zero-order valence-electron chi connectivity index (χ0n) is 12.2. The van der Waals surface area contributed by atoms with Gasteiger partial charge >= 0.3 is 0 Å². The van der Waals surface area contributed by atoms with Crippen LogP contribution in [0.5, 0.6) is 0 Å². The van der Waals surface area contributed by atoms with E-state index in [2.05, 4.69) is 17.2 Å². The summed E-state index contributed by atoms with van der Waals surface area (Å²) in [6.07, 6.45) is 1.67. The van der Waals surface area contributed by atoms with Gasteiger partial charge in [0.15, 0.2) is 0 Å². The maximum absolute atomic E-state index is 12.9. The molecule has 0 aliphatic rings. The van der Waals surface area contributed by atoms with Crippen LogP contribution in [0.3, 0.4) is 0 Å². The largest absolute Gasteiger partial charge is 0.355 e. The number of hydrogen-bond donors (Lipinski definition) is 1. The van der Waals surface area contributed by atoms with E-state index >= 15 is 0 Å². The maximum Gasteiger partial charge on any atom is 0.128 e. The summed E-state index contributed by atoms with van der Waals surface area (Å²) in [7, 11) is 1.95. The molecule has 0 amide bonds. The summed E-state index contributed by atoms with van der Waals surface area (Å²) in [5, 5.41) is 3.92. The monoisotopic (exact) mass is 307 g/mol. The van der Waals surface area contributed by atoms with Crippen molar-refractivity contribution in [2.45, 2.75) is 20.0 Å². The number of nitrogens with zero attached hydrogens (tertiary/aromatic N) is 2. The van der Waals surface area contributed by atoms with Gasteiger partial charge in [-0.3, -0.25) is 0 Å². The Kier molecular flexibility index (Phi) is 5.53. The Balaban J connectivity index is 2.11. The molecule has 0 aliphatic heterocycles. The van der Waals surface area contributed by atoms with Gasteiger partial charge in [0, 0.05) is 26.3 Å². The van der Waals surface area contributed by atoms with Crippen LogP contribution in [0.2, 0.25) is 5.02 Å². The van der Waals surface area contributed by atoms with Crippen molar-refractivity contribution in [3.05, 3.63) is 58.5 Å². The molecule has 0 fully saturated rings. The Morgan fingerprint density at radius 2 is 2.00 bits per heavy atom. The highest BCUT2D eigenvalue weighted by molar-refractivity contribution is 6.31. The highest BCUT2D eigenvalue weighted by atomic mass is 35.5. The molecule has 0 atom stereocenters. The predicted molar refractivity (Wildman–Crippen MR) is 85.1 cm³/mol. The maximum atomic E-state index is 12.9. The van der Waals surface area contributed by atoms with E-state index in [-0.39, 0.29) is 5.82 Å². The van der Waals surface area contributed by atoms with Crippen molar-refractivity contribution >= 4 is 17.4 Å². The van der Waals surface area contributed by atoms with Gasteiger partial charge in [0.1, 0.15) is 11.6 Å². The van der Waals surface area contributed by atoms with E-state index in [1.54, 1.807) is 18.3 Å². The van der Waals surface area contributed by atoms with Crippen molar-refractivity contribution < 1.29 is 4.39 Å². The Morgan fingerprint density at radius 3 is 2.67 bits per heavy atom. The van der Waals surface area contributed by atoms with Crippen LogP contribution in [-0.2, 0) is 13.1 Å². The lowest BCUT2D eigenvalue weighted by Crippen LogP contribution is -2.19. The molecule has 1 aromatic carbocycles. The standard InChI is InChI=1S/C16H19ClFN3/c1-3-19-9-13-8-16(20-10-15(13)17)21(2)11-12-4-6-14(18)7-5-12/h4-8,10,19H,3,9,11H2,1-2H3. The summed E-state index contributed by atoms with van der Waals surface area (Å²) in [6, 6.07) is 8.47. The summed E-state index contributed by atoms with van der Waals surface area (Å²) >= 11 is 6.15. The first-order valence-electron chi connectivity index (χ1n) is 6.91. The van der Waals surface area contributed by atoms with Crippen molar-refractivity contribution in [2.75, 3.05) is 18.5 Å². The van der Waals surface area contributed by atoms with Crippen LogP contribution in [0, 0.1) is 5.82 Å². The van der Waals surface area contributed by atoms with Gasteiger partial charge in [-0.2, -0.15) is 0 Å². The summed E-state index contributed by atoms with van der Waals surface area (Å²) < 4.78 is 12.9. The van der Waals surface area contributed by atoms with E-state index < -0.39 is 0 Å². The van der Waals surface area contributed by atoms with E-state index in [1.165, 1.54) is 12.1 Å². The molecule has 0 unspecified atom stereocenters. The van der Waals surface area contributed by atoms with E-state index in [1.807, 2.05) is 18.0 Å². The zero-order valence-corrected chi connectivity index (χ0v) is 13.0. The third-order valence-corrected chi connectivity index (χ3v) is 3.55. The Hall–Kier alpha value is -1.65. The predicted octanol–water partition coefficient (Wildman–Crippen LogP) is 3.62. The van der Waals surface area contributed by atoms with Crippen molar-refractivity contribution in [2.24, 2.45) is 0 Å². The van der Waals surface area contributed by atoms with Gasteiger partial charge in [0.25, 0.3) is 0 Å². The van der Waals surface area contributed by atoms with Crippen LogP contribution >= 0.6 is 11.6 Å². The second-order valence-electron chi connectivity index (χ2n) is 4.90. The molecule has 1 N–H and O–H groups in total. The lowest BCUT2D eigenvalue weighted by Gasteiger charge is -2.19. The quantitative estimate of drug-likeness (QED) is 0.883. The number of aromatic nitrogens is 1. The normalized spacial score (nSPS) is 10.7. The van der Waals surface area contributed by atoms with Gasteiger partial charge in [-0.25, -0.2) is 9.37 Å². The molecule has 0 spiro atoms. The molecular weight excluding hydrogens is 289 g/mol. The van der Waals surface area contributed by atoms with Crippen LogP contribution in [-0.4, -0.2) is 18.6 Å². The van der Waals surface area contributed by atoms with Crippen LogP contribution < -0.4 is 10.2 Å². The molecule has 5 heteroatoms. The Bertz CT molecular complexity index is 587. The summed E-state index contributed by atoms with van der Waals surface area (Å²) in [5.74, 6) is 0.621. The zero-order chi connectivity index (χ0) is 15.2. The Labute approximate surface area is 129 Å². The molecule has 0 saturated carbocycles. The molecule has 112 valence electrons. The molecule has 0 saturated heterocycles. The summed E-state index contributed by atoms with van der Waals surface area (Å²) in [6.45, 7) is 4.32. The van der Waals surface area contributed by atoms with E-state index in [9.17, 15) is 4.39 Å². The number of hydrogen-bond acceptors (Lipinski definition) is 3. The third-order valence-electron chi connectivity index (χ3n) is 3.21. The highest BCUT2D eigenvalue weighted by Gasteiger charge is 2.08. The second kappa shape index (κ2) is 7.38. The van der Waals surface area contributed by atoms with Crippen molar-refractivity contribution in [1.29, 1.82) is 0 Å². The SMILES string of the molecule is CCNCc1cc(N(C)Cc2ccc(F)cc2)ncc1Cl. The first-order valence-corrected chi connectivity index (χ1v) is 7.28. The molecule has 1 aromatic heterocycles. The molecule has 1 heterocycles. The fourth-order valence-corrected chi connectivity index (χ4v) is 2.19. The van der Waals surface area contributed by atoms with Gasteiger partial charge in [0.05, 0.1) is 5.02 Å². The number of anilines is 1. The van der Waals surface area contributed by atoms with E-state index in [0.717, 1.165) is 30.0 Å². The smallest absolute Gasteiger partial charge is 0.128 e. The fraction of sp³-hybridized carbons (Fsp3) is 0.312. The average Bonchev–Trinajstić information content (AvgIpc) is 2.48. The van der Waals surface area contributed by atoms with Gasteiger partial charge in [-0.15, -0.1) is 0 Å². The number of pyridine rings is 1. The lowest BCUT2D eigenvalue weighted by atomic mass is 10.2. The van der Waals surface area contributed by atoms with Crippen LogP contribution in [0.4, 0.5) is 10.2 Å². The van der Waals surface area contributed by atoms with Gasteiger partial charge in [-0.05, 0) is 35.9 Å². The van der Waals surface area contributed by atoms with Crippen LogP contribution in [0.15, 0.2) is 36.5 Å². The average molecular weight is 308 g/mol. The van der Waals surface area contributed by atoms with E-state index in [4.69, 9.17) is 11.6 Å². The van der Waals surface area contributed by atoms with Crippen molar-refractivity contribution in [3.63, 3.8) is 0 Å². The van der Waals surface area contributed by atoms with Gasteiger partial charge in [-0.1, -0.05) is 30.7 Å². The Morgan fingerprint density at radius 1 is 1.29 bits per heavy atom. The summed E-state index contributed by atoms with van der Waals surface area (Å²) in [5.41, 5.74) is 2.05. The fourth-order valence-electron chi connectivity index (χ4n) is 2.02. The second-order valence-corrected chi connectivity index (χ2v) is 5.30. The minimum Gasteiger partial charge on any atom is -0.355 e. The molecular formula is C16H19ClFN3. The minimum atomic E-state index is -0.223. The molecule has 0 aliphatic carbocycles. The molecule has 21 heavy (non-hydrogen) atoms. The highest BCUT2D eigenvalue weighted by Crippen LogP contribution is 2.21. The number of nitrogens with one attached hydrogen (secondary N) is 1. The van der Waals surface area contributed by atoms with Crippen LogP contribution in [0.1, 0.15) is 18.1 Å².